The van der Waals surface area contributed by atoms with Gasteiger partial charge < -0.3 is 0 Å². The predicted molar refractivity (Wildman–Crippen MR) is 135 cm³/mol. The fourth-order valence-electron chi connectivity index (χ4n) is 3.98. The highest BCUT2D eigenvalue weighted by Gasteiger charge is 2.19. The van der Waals surface area contributed by atoms with E-state index >= 15 is 0 Å². The molecule has 10 heteroatoms. The highest BCUT2D eigenvalue weighted by Crippen LogP contribution is 2.29. The lowest BCUT2D eigenvalue weighted by atomic mass is 10.1. The first-order valence-corrected chi connectivity index (χ1v) is 12.4. The molecule has 0 aliphatic heterocycles. The number of hydrogen-bond donors (Lipinski definition) is 1. The maximum atomic E-state index is 13.2. The Bertz CT molecular complexity index is 1610. The topological polar surface area (TPSA) is 94.7 Å². The van der Waals surface area contributed by atoms with E-state index in [1.165, 1.54) is 4.68 Å². The van der Waals surface area contributed by atoms with Crippen molar-refractivity contribution >= 4 is 39.4 Å². The number of amides is 1. The smallest absolute Gasteiger partial charge is 0.267 e. The summed E-state index contributed by atoms with van der Waals surface area (Å²) >= 11 is 3.24. The molecule has 0 aliphatic carbocycles. The molecule has 1 N–H and O–H groups in total. The molecule has 0 saturated heterocycles. The van der Waals surface area contributed by atoms with Gasteiger partial charge in [0.1, 0.15) is 0 Å². The van der Waals surface area contributed by atoms with Crippen molar-refractivity contribution in [2.24, 2.45) is 7.05 Å². The molecule has 0 saturated carbocycles. The Morgan fingerprint density at radius 1 is 1.06 bits per heavy atom. The van der Waals surface area contributed by atoms with Gasteiger partial charge in [0.05, 0.1) is 26.8 Å². The molecule has 0 bridgehead atoms. The van der Waals surface area contributed by atoms with Crippen LogP contribution in [0.5, 0.6) is 0 Å². The van der Waals surface area contributed by atoms with Crippen LogP contribution in [0.4, 0.5) is 0 Å². The summed E-state index contributed by atoms with van der Waals surface area (Å²) < 4.78 is 2.93. The van der Waals surface area contributed by atoms with Crippen molar-refractivity contribution in [1.82, 2.24) is 24.4 Å². The number of carbonyl (C=O) groups is 1. The number of nitrogens with one attached hydrogen (secondary N) is 1. The summed E-state index contributed by atoms with van der Waals surface area (Å²) in [6, 6.07) is 9.01. The van der Waals surface area contributed by atoms with Crippen LogP contribution in [0.25, 0.3) is 22.0 Å². The summed E-state index contributed by atoms with van der Waals surface area (Å²) in [4.78, 5) is 35.0. The van der Waals surface area contributed by atoms with E-state index in [9.17, 15) is 9.59 Å². The summed E-state index contributed by atoms with van der Waals surface area (Å²) in [6.07, 6.45) is 0.704. The monoisotopic (exact) mass is 490 g/mol. The van der Waals surface area contributed by atoms with Gasteiger partial charge >= 0.3 is 0 Å². The minimum atomic E-state index is -0.391. The highest BCUT2D eigenvalue weighted by molar-refractivity contribution is 7.10. The summed E-state index contributed by atoms with van der Waals surface area (Å²) in [7, 11) is 1.54. The van der Waals surface area contributed by atoms with Gasteiger partial charge in [0.2, 0.25) is 0 Å². The van der Waals surface area contributed by atoms with E-state index < -0.39 is 5.91 Å². The fraction of sp³-hybridized carbons (Fsp3) is 0.208. The van der Waals surface area contributed by atoms with Crippen LogP contribution in [-0.4, -0.2) is 30.3 Å². The number of aryl methyl sites for hydroxylation is 3. The van der Waals surface area contributed by atoms with Crippen LogP contribution in [0.15, 0.2) is 45.9 Å². The van der Waals surface area contributed by atoms with E-state index in [0.29, 0.717) is 17.2 Å². The molecular formula is C24H22N6O2S2. The average molecular weight is 491 g/mol. The zero-order valence-corrected chi connectivity index (χ0v) is 20.8. The van der Waals surface area contributed by atoms with Crippen LogP contribution in [0.2, 0.25) is 0 Å². The molecule has 0 radical (unpaired) electrons. The molecule has 0 unspecified atom stereocenters. The molecule has 1 aromatic carbocycles. The fourth-order valence-corrected chi connectivity index (χ4v) is 5.40. The molecule has 4 aromatic heterocycles. The average Bonchev–Trinajstić information content (AvgIpc) is 3.52. The van der Waals surface area contributed by atoms with Gasteiger partial charge in [-0.1, -0.05) is 18.2 Å². The van der Waals surface area contributed by atoms with Crippen molar-refractivity contribution in [3.8, 4) is 11.3 Å². The lowest BCUT2D eigenvalue weighted by Gasteiger charge is -2.13. The second-order valence-corrected chi connectivity index (χ2v) is 10.1. The summed E-state index contributed by atoms with van der Waals surface area (Å²) in [6.45, 7) is 5.87. The van der Waals surface area contributed by atoms with Gasteiger partial charge in [-0.15, -0.1) is 22.7 Å². The van der Waals surface area contributed by atoms with E-state index in [0.717, 1.165) is 38.4 Å². The van der Waals surface area contributed by atoms with Gasteiger partial charge in [-0.25, -0.2) is 14.6 Å². The number of aromatic nitrogens is 5. The maximum absolute atomic E-state index is 13.2. The van der Waals surface area contributed by atoms with E-state index in [2.05, 4.69) is 20.9 Å². The van der Waals surface area contributed by atoms with Crippen molar-refractivity contribution in [3.05, 3.63) is 84.2 Å². The molecule has 0 spiro atoms. The Kier molecular flexibility index (Phi) is 5.62. The molecule has 1 amide bonds. The van der Waals surface area contributed by atoms with Gasteiger partial charge in [-0.05, 0) is 32.9 Å². The minimum Gasteiger partial charge on any atom is -0.267 e. The third-order valence-corrected chi connectivity index (χ3v) is 7.31. The first-order valence-electron chi connectivity index (χ1n) is 10.6. The SMILES string of the molecule is Cc1nc(Cc2nc(-c3cc(C)n(NC(=O)c4nn(C)c(=O)c5ccccc45)c3C)cs2)cs1. The first kappa shape index (κ1) is 22.2. The van der Waals surface area contributed by atoms with Gasteiger partial charge in [-0.3, -0.25) is 19.7 Å². The number of thiazole rings is 2. The number of rotatable bonds is 5. The largest absolute Gasteiger partial charge is 0.291 e. The zero-order chi connectivity index (χ0) is 24.0. The summed E-state index contributed by atoms with van der Waals surface area (Å²) in [5.41, 5.74) is 7.46. The Labute approximate surface area is 203 Å². The highest BCUT2D eigenvalue weighted by atomic mass is 32.1. The standard InChI is InChI=1S/C24H22N6O2S2/c1-13-9-19(20-12-34-21(26-20)10-16-11-33-15(3)25-16)14(2)30(13)28-23(31)22-17-7-5-6-8-18(17)24(32)29(4)27-22/h5-9,11-12H,10H2,1-4H3,(H,28,31). The van der Waals surface area contributed by atoms with Crippen molar-refractivity contribution in [2.75, 3.05) is 5.43 Å². The predicted octanol–water partition coefficient (Wildman–Crippen LogP) is 4.21. The third-order valence-electron chi connectivity index (χ3n) is 5.64. The second-order valence-electron chi connectivity index (χ2n) is 8.05. The molecule has 4 heterocycles. The molecule has 172 valence electrons. The number of carbonyl (C=O) groups excluding carboxylic acids is 1. The minimum absolute atomic E-state index is 0.196. The Hall–Kier alpha value is -3.63. The van der Waals surface area contributed by atoms with Crippen LogP contribution < -0.4 is 11.0 Å². The van der Waals surface area contributed by atoms with Crippen molar-refractivity contribution in [2.45, 2.75) is 27.2 Å². The zero-order valence-electron chi connectivity index (χ0n) is 19.1. The third kappa shape index (κ3) is 3.95. The molecule has 0 atom stereocenters. The number of nitrogens with zero attached hydrogens (tertiary/aromatic N) is 5. The van der Waals surface area contributed by atoms with Crippen molar-refractivity contribution in [3.63, 3.8) is 0 Å². The Balaban J connectivity index is 1.45. The summed E-state index contributed by atoms with van der Waals surface area (Å²) in [5.74, 6) is -0.391. The summed E-state index contributed by atoms with van der Waals surface area (Å²) in [5, 5.41) is 11.3. The molecule has 8 nitrogen and oxygen atoms in total. The van der Waals surface area contributed by atoms with Gasteiger partial charge in [0.15, 0.2) is 5.69 Å². The molecular weight excluding hydrogens is 468 g/mol. The van der Waals surface area contributed by atoms with Crippen LogP contribution in [0.3, 0.4) is 0 Å². The van der Waals surface area contributed by atoms with Gasteiger partial charge in [0.25, 0.3) is 11.5 Å². The molecule has 5 rings (SSSR count). The Morgan fingerprint density at radius 2 is 1.82 bits per heavy atom. The number of hydrogen-bond acceptors (Lipinski definition) is 7. The van der Waals surface area contributed by atoms with Gasteiger partial charge in [-0.2, -0.15) is 5.10 Å². The number of fused-ring (bicyclic) bond motifs is 1. The molecule has 5 aromatic rings. The first-order chi connectivity index (χ1) is 16.3. The second kappa shape index (κ2) is 8.62. The Morgan fingerprint density at radius 3 is 2.56 bits per heavy atom. The molecule has 0 fully saturated rings. The van der Waals surface area contributed by atoms with Crippen LogP contribution >= 0.6 is 22.7 Å². The lowest BCUT2D eigenvalue weighted by molar-refractivity contribution is 0.100. The van der Waals surface area contributed by atoms with Crippen molar-refractivity contribution in [1.29, 1.82) is 0 Å². The number of benzene rings is 1. The van der Waals surface area contributed by atoms with Crippen LogP contribution in [-0.2, 0) is 13.5 Å². The van der Waals surface area contributed by atoms with Gasteiger partial charge in [0, 0.05) is 46.6 Å². The lowest BCUT2D eigenvalue weighted by Crippen LogP contribution is -2.29. The van der Waals surface area contributed by atoms with E-state index in [1.54, 1.807) is 58.7 Å². The normalized spacial score (nSPS) is 11.3. The van der Waals surface area contributed by atoms with Crippen LogP contribution in [0.1, 0.15) is 37.6 Å². The quantitative estimate of drug-likeness (QED) is 0.398. The van der Waals surface area contributed by atoms with E-state index in [-0.39, 0.29) is 11.3 Å². The molecule has 0 aliphatic rings. The van der Waals surface area contributed by atoms with Crippen LogP contribution in [0, 0.1) is 20.8 Å². The van der Waals surface area contributed by atoms with Crippen molar-refractivity contribution < 1.29 is 4.79 Å². The van der Waals surface area contributed by atoms with E-state index in [1.807, 2.05) is 32.2 Å². The molecule has 34 heavy (non-hydrogen) atoms. The van der Waals surface area contributed by atoms with E-state index in [4.69, 9.17) is 4.98 Å². The maximum Gasteiger partial charge on any atom is 0.291 e.